The highest BCUT2D eigenvalue weighted by molar-refractivity contribution is 6.31. The van der Waals surface area contributed by atoms with Gasteiger partial charge in [0.15, 0.2) is 5.69 Å². The molecular weight excluding hydrogens is 563 g/mol. The molecule has 13 heteroatoms. The summed E-state index contributed by atoms with van der Waals surface area (Å²) in [5.41, 5.74) is 0.485. The Labute approximate surface area is 238 Å². The number of hydrogen-bond acceptors (Lipinski definition) is 7. The molecule has 0 aliphatic carbocycles. The van der Waals surface area contributed by atoms with E-state index < -0.39 is 23.9 Å². The van der Waals surface area contributed by atoms with Crippen molar-refractivity contribution in [3.05, 3.63) is 70.5 Å². The number of alkyl halides is 3. The van der Waals surface area contributed by atoms with E-state index in [0.29, 0.717) is 34.8 Å². The van der Waals surface area contributed by atoms with Crippen molar-refractivity contribution in [3.8, 4) is 28.5 Å². The number of carbonyl (C=O) groups is 1. The average molecular weight is 590 g/mol. The van der Waals surface area contributed by atoms with Crippen molar-refractivity contribution < 1.29 is 32.7 Å². The second-order valence-corrected chi connectivity index (χ2v) is 10.6. The van der Waals surface area contributed by atoms with Crippen molar-refractivity contribution in [2.45, 2.75) is 38.5 Å². The number of likely N-dealkylation sites (tertiary alicyclic amines) is 1. The third-order valence-electron chi connectivity index (χ3n) is 7.13. The Morgan fingerprint density at radius 1 is 1.22 bits per heavy atom. The highest BCUT2D eigenvalue weighted by atomic mass is 35.5. The van der Waals surface area contributed by atoms with E-state index in [0.717, 1.165) is 30.3 Å². The van der Waals surface area contributed by atoms with Crippen molar-refractivity contribution in [1.82, 2.24) is 24.8 Å². The standard InChI is InChI=1S/C28H27ClF3N5O4/c1-16-11-20(8-9-22(16)29)37-25(28(30,31)32)21(13-33-37)27-34-26(35-41-27)19-6-4-18(5-7-19)23(38)15-36-10-2-3-17(14-36)12-24(39)40/h4-9,11,13,17,23,38H,2-3,10,12,14-15H2,1H3,(H,39,40)/t17-,23+/m1/s1. The van der Waals surface area contributed by atoms with Gasteiger partial charge in [-0.05, 0) is 61.6 Å². The quantitative estimate of drug-likeness (QED) is 0.265. The largest absolute Gasteiger partial charge is 0.481 e. The molecule has 2 aromatic carbocycles. The van der Waals surface area contributed by atoms with Crippen LogP contribution in [0.3, 0.4) is 0 Å². The van der Waals surface area contributed by atoms with E-state index in [4.69, 9.17) is 21.2 Å². The van der Waals surface area contributed by atoms with Gasteiger partial charge in [0.2, 0.25) is 5.82 Å². The number of rotatable bonds is 8. The van der Waals surface area contributed by atoms with Crippen LogP contribution in [0.2, 0.25) is 5.02 Å². The molecule has 1 aliphatic rings. The first-order chi connectivity index (χ1) is 19.5. The van der Waals surface area contributed by atoms with Gasteiger partial charge in [0, 0.05) is 30.1 Å². The van der Waals surface area contributed by atoms with Crippen molar-refractivity contribution in [2.75, 3.05) is 19.6 Å². The predicted octanol–water partition coefficient (Wildman–Crippen LogP) is 5.79. The van der Waals surface area contributed by atoms with Gasteiger partial charge in [-0.3, -0.25) is 4.79 Å². The van der Waals surface area contributed by atoms with Crippen LogP contribution in [0.25, 0.3) is 28.5 Å². The minimum atomic E-state index is -4.77. The Balaban J connectivity index is 1.33. The lowest BCUT2D eigenvalue weighted by Gasteiger charge is -2.33. The number of aromatic nitrogens is 4. The molecule has 4 aromatic rings. The molecule has 41 heavy (non-hydrogen) atoms. The third kappa shape index (κ3) is 6.45. The molecule has 216 valence electrons. The van der Waals surface area contributed by atoms with Crippen LogP contribution < -0.4 is 0 Å². The van der Waals surface area contributed by atoms with Crippen LogP contribution in [0.15, 0.2) is 53.2 Å². The summed E-state index contributed by atoms with van der Waals surface area (Å²) in [6.07, 6.45) is -2.70. The van der Waals surface area contributed by atoms with Gasteiger partial charge >= 0.3 is 12.1 Å². The fraction of sp³-hybridized carbons (Fsp3) is 0.357. The molecule has 1 fully saturated rings. The molecule has 0 radical (unpaired) electrons. The number of aliphatic hydroxyl groups is 1. The van der Waals surface area contributed by atoms with Gasteiger partial charge in [-0.1, -0.05) is 41.0 Å². The number of aryl methyl sites for hydroxylation is 1. The first-order valence-corrected chi connectivity index (χ1v) is 13.4. The summed E-state index contributed by atoms with van der Waals surface area (Å²) in [4.78, 5) is 17.3. The number of hydrogen-bond donors (Lipinski definition) is 2. The molecule has 2 atom stereocenters. The Kier molecular flexibility index (Phi) is 8.16. The second-order valence-electron chi connectivity index (χ2n) is 10.2. The number of halogens is 4. The first-order valence-electron chi connectivity index (χ1n) is 13.0. The van der Waals surface area contributed by atoms with Crippen molar-refractivity contribution in [3.63, 3.8) is 0 Å². The fourth-order valence-corrected chi connectivity index (χ4v) is 5.24. The highest BCUT2D eigenvalue weighted by Crippen LogP contribution is 2.38. The van der Waals surface area contributed by atoms with Crippen LogP contribution in [0, 0.1) is 12.8 Å². The van der Waals surface area contributed by atoms with Crippen LogP contribution >= 0.6 is 11.6 Å². The molecule has 0 amide bonds. The van der Waals surface area contributed by atoms with Crippen molar-refractivity contribution >= 4 is 17.6 Å². The molecule has 1 saturated heterocycles. The molecule has 0 unspecified atom stereocenters. The number of aliphatic carboxylic acids is 1. The summed E-state index contributed by atoms with van der Waals surface area (Å²) in [5.74, 6) is -1.02. The lowest BCUT2D eigenvalue weighted by molar-refractivity contribution is -0.142. The lowest BCUT2D eigenvalue weighted by atomic mass is 9.94. The van der Waals surface area contributed by atoms with Gasteiger partial charge in [0.05, 0.1) is 23.6 Å². The number of nitrogens with zero attached hydrogens (tertiary/aromatic N) is 5. The lowest BCUT2D eigenvalue weighted by Crippen LogP contribution is -2.38. The van der Waals surface area contributed by atoms with E-state index in [2.05, 4.69) is 20.1 Å². The van der Waals surface area contributed by atoms with Gasteiger partial charge < -0.3 is 19.6 Å². The van der Waals surface area contributed by atoms with Crippen LogP contribution in [0.5, 0.6) is 0 Å². The Morgan fingerprint density at radius 3 is 2.66 bits per heavy atom. The molecular formula is C28H27ClF3N5O4. The van der Waals surface area contributed by atoms with Crippen LogP contribution in [-0.4, -0.2) is 60.6 Å². The number of carboxylic acids is 1. The van der Waals surface area contributed by atoms with Gasteiger partial charge in [-0.25, -0.2) is 4.68 Å². The van der Waals surface area contributed by atoms with E-state index in [1.807, 2.05) is 0 Å². The molecule has 0 bridgehead atoms. The Morgan fingerprint density at radius 2 is 1.98 bits per heavy atom. The summed E-state index contributed by atoms with van der Waals surface area (Å²) in [7, 11) is 0. The summed E-state index contributed by atoms with van der Waals surface area (Å²) < 4.78 is 48.5. The van der Waals surface area contributed by atoms with Gasteiger partial charge in [-0.2, -0.15) is 23.3 Å². The average Bonchev–Trinajstić information content (AvgIpc) is 3.58. The Bertz CT molecular complexity index is 1540. The normalized spacial score (nSPS) is 17.1. The van der Waals surface area contributed by atoms with E-state index in [1.165, 1.54) is 18.2 Å². The van der Waals surface area contributed by atoms with Gasteiger partial charge in [0.25, 0.3) is 5.89 Å². The van der Waals surface area contributed by atoms with Crippen LogP contribution in [0.1, 0.15) is 42.2 Å². The highest BCUT2D eigenvalue weighted by Gasteiger charge is 2.40. The summed E-state index contributed by atoms with van der Waals surface area (Å²) >= 11 is 6.03. The summed E-state index contributed by atoms with van der Waals surface area (Å²) in [6, 6.07) is 11.1. The zero-order valence-corrected chi connectivity index (χ0v) is 22.7. The zero-order valence-electron chi connectivity index (χ0n) is 22.0. The number of β-amino-alcohol motifs (C(OH)–C–C–N with tert-alkyl or cyclic N) is 1. The van der Waals surface area contributed by atoms with E-state index in [-0.39, 0.29) is 35.3 Å². The van der Waals surface area contributed by atoms with E-state index in [9.17, 15) is 23.1 Å². The number of carboxylic acid groups (broad SMARTS) is 1. The molecule has 5 rings (SSSR count). The van der Waals surface area contributed by atoms with Crippen LogP contribution in [0.4, 0.5) is 13.2 Å². The molecule has 2 aromatic heterocycles. The molecule has 0 spiro atoms. The Hall–Kier alpha value is -3.74. The van der Waals surface area contributed by atoms with Crippen molar-refractivity contribution in [1.29, 1.82) is 0 Å². The zero-order chi connectivity index (χ0) is 29.3. The van der Waals surface area contributed by atoms with Gasteiger partial charge in [0.1, 0.15) is 0 Å². The topological polar surface area (TPSA) is 118 Å². The second kappa shape index (κ2) is 11.6. The predicted molar refractivity (Wildman–Crippen MR) is 143 cm³/mol. The number of benzene rings is 2. The number of piperidine rings is 1. The summed E-state index contributed by atoms with van der Waals surface area (Å²) in [6.45, 7) is 3.44. The molecule has 0 saturated carbocycles. The maximum Gasteiger partial charge on any atom is 0.434 e. The van der Waals surface area contributed by atoms with Crippen molar-refractivity contribution in [2.24, 2.45) is 5.92 Å². The monoisotopic (exact) mass is 589 g/mol. The molecule has 2 N–H and O–H groups in total. The maximum absolute atomic E-state index is 14.2. The number of aliphatic hydroxyl groups excluding tert-OH is 1. The SMILES string of the molecule is Cc1cc(-n2ncc(-c3nc(-c4ccc([C@@H](O)CN5CCC[C@H](CC(=O)O)C5)cc4)no3)c2C(F)(F)F)ccc1Cl. The molecule has 3 heterocycles. The molecule has 9 nitrogen and oxygen atoms in total. The minimum absolute atomic E-state index is 0.0588. The smallest absolute Gasteiger partial charge is 0.434 e. The van der Waals surface area contributed by atoms with Gasteiger partial charge in [-0.15, -0.1) is 0 Å². The van der Waals surface area contributed by atoms with E-state index >= 15 is 0 Å². The van der Waals surface area contributed by atoms with Crippen LogP contribution in [-0.2, 0) is 11.0 Å². The maximum atomic E-state index is 14.2. The molecule has 1 aliphatic heterocycles. The third-order valence-corrected chi connectivity index (χ3v) is 7.56. The first kappa shape index (κ1) is 28.8. The summed E-state index contributed by atoms with van der Waals surface area (Å²) in [5, 5.41) is 28.1. The van der Waals surface area contributed by atoms with E-state index in [1.54, 1.807) is 31.2 Å². The fourth-order valence-electron chi connectivity index (χ4n) is 5.12. The minimum Gasteiger partial charge on any atom is -0.481 e.